The molecule has 0 spiro atoms. The van der Waals surface area contributed by atoms with E-state index >= 15 is 0 Å². The van der Waals surface area contributed by atoms with Crippen LogP contribution in [-0.2, 0) is 4.79 Å². The van der Waals surface area contributed by atoms with Crippen molar-refractivity contribution >= 4 is 5.91 Å². The predicted molar refractivity (Wildman–Crippen MR) is 164 cm³/mol. The molecule has 37 heavy (non-hydrogen) atoms. The summed E-state index contributed by atoms with van der Waals surface area (Å²) in [5.41, 5.74) is -0.796. The number of aliphatic hydroxyl groups is 1. The van der Waals surface area contributed by atoms with Crippen molar-refractivity contribution in [2.45, 2.75) is 116 Å². The molecule has 0 atom stereocenters. The molecule has 0 aliphatic heterocycles. The molecule has 3 heteroatoms. The zero-order valence-electron chi connectivity index (χ0n) is 24.0. The fourth-order valence-electron chi connectivity index (χ4n) is 3.79. The standard InChI is InChI=1S/C34H55NO2/c1-4-7-10-13-14-15-16-17-18-19-20-21-22-23-24-25-26-29-33(36)35-32-34(37,30-27-11-8-5-2)31-28-12-9-6-3/h10,13-19,22-26,29,37H,4-9,11-12,20-21,27-28,30-32H2,1-3H3,(H,35,36). The minimum atomic E-state index is -0.796. The smallest absolute Gasteiger partial charge is 0.244 e. The van der Waals surface area contributed by atoms with E-state index in [2.05, 4.69) is 62.5 Å². The highest BCUT2D eigenvalue weighted by atomic mass is 16.3. The maximum Gasteiger partial charge on any atom is 0.244 e. The van der Waals surface area contributed by atoms with Gasteiger partial charge >= 0.3 is 0 Å². The summed E-state index contributed by atoms with van der Waals surface area (Å²) in [4.78, 5) is 12.2. The van der Waals surface area contributed by atoms with Crippen LogP contribution in [0.25, 0.3) is 0 Å². The van der Waals surface area contributed by atoms with Gasteiger partial charge in [0.15, 0.2) is 0 Å². The van der Waals surface area contributed by atoms with E-state index in [1.807, 2.05) is 36.5 Å². The monoisotopic (exact) mass is 509 g/mol. The van der Waals surface area contributed by atoms with Crippen LogP contribution in [0, 0.1) is 0 Å². The molecule has 0 rings (SSSR count). The molecule has 2 N–H and O–H groups in total. The predicted octanol–water partition coefficient (Wildman–Crippen LogP) is 9.25. The molecule has 0 aliphatic carbocycles. The summed E-state index contributed by atoms with van der Waals surface area (Å²) in [6.45, 7) is 6.89. The second-order valence-electron chi connectivity index (χ2n) is 9.73. The zero-order chi connectivity index (χ0) is 27.3. The number of amides is 1. The van der Waals surface area contributed by atoms with Gasteiger partial charge in [0.2, 0.25) is 5.91 Å². The Morgan fingerprint density at radius 2 is 1.05 bits per heavy atom. The van der Waals surface area contributed by atoms with Gasteiger partial charge in [-0.1, -0.05) is 158 Å². The second-order valence-corrected chi connectivity index (χ2v) is 9.73. The van der Waals surface area contributed by atoms with Crippen LogP contribution in [0.1, 0.15) is 111 Å². The minimum Gasteiger partial charge on any atom is -0.388 e. The van der Waals surface area contributed by atoms with Gasteiger partial charge in [0, 0.05) is 12.6 Å². The van der Waals surface area contributed by atoms with Crippen molar-refractivity contribution in [3.8, 4) is 0 Å². The maximum absolute atomic E-state index is 12.2. The van der Waals surface area contributed by atoms with Gasteiger partial charge in [-0.2, -0.15) is 0 Å². The SMILES string of the molecule is CCCC=CC=CC=CC=CCCC=CC=CC=CC(=O)NCC(O)(CCCCCC)CCCCCC. The Bertz CT molecular complexity index is 725. The summed E-state index contributed by atoms with van der Waals surface area (Å²) >= 11 is 0. The lowest BCUT2D eigenvalue weighted by Crippen LogP contribution is -2.42. The topological polar surface area (TPSA) is 49.3 Å². The van der Waals surface area contributed by atoms with E-state index in [1.54, 1.807) is 6.08 Å². The highest BCUT2D eigenvalue weighted by Gasteiger charge is 2.26. The van der Waals surface area contributed by atoms with Crippen molar-refractivity contribution in [2.24, 2.45) is 0 Å². The number of allylic oxidation sites excluding steroid dienone is 13. The van der Waals surface area contributed by atoms with E-state index in [0.29, 0.717) is 6.54 Å². The first-order valence-electron chi connectivity index (χ1n) is 14.7. The Kier molecular flexibility index (Phi) is 24.9. The molecular weight excluding hydrogens is 454 g/mol. The number of hydrogen-bond acceptors (Lipinski definition) is 2. The van der Waals surface area contributed by atoms with Crippen LogP contribution >= 0.6 is 0 Å². The normalized spacial score (nSPS) is 13.3. The summed E-state index contributed by atoms with van der Waals surface area (Å²) in [5.74, 6) is -0.154. The fourth-order valence-corrected chi connectivity index (χ4v) is 3.79. The number of carbonyl (C=O) groups excluding carboxylic acids is 1. The van der Waals surface area contributed by atoms with E-state index in [1.165, 1.54) is 38.2 Å². The molecule has 0 saturated heterocycles. The molecule has 0 aromatic heterocycles. The molecule has 0 aliphatic rings. The molecule has 208 valence electrons. The molecule has 0 aromatic rings. The van der Waals surface area contributed by atoms with Gasteiger partial charge in [-0.25, -0.2) is 0 Å². The van der Waals surface area contributed by atoms with Gasteiger partial charge in [-0.3, -0.25) is 4.79 Å². The quantitative estimate of drug-likeness (QED) is 0.0819. The van der Waals surface area contributed by atoms with Crippen LogP contribution in [0.15, 0.2) is 85.1 Å². The van der Waals surface area contributed by atoms with Crippen molar-refractivity contribution in [3.05, 3.63) is 85.1 Å². The van der Waals surface area contributed by atoms with Crippen molar-refractivity contribution in [1.29, 1.82) is 0 Å². The molecule has 0 saturated carbocycles. The van der Waals surface area contributed by atoms with Crippen LogP contribution in [0.3, 0.4) is 0 Å². The number of rotatable bonds is 23. The molecular formula is C34H55NO2. The van der Waals surface area contributed by atoms with E-state index in [9.17, 15) is 9.90 Å². The Morgan fingerprint density at radius 3 is 1.54 bits per heavy atom. The number of nitrogens with one attached hydrogen (secondary N) is 1. The fraction of sp³-hybridized carbons (Fsp3) is 0.559. The van der Waals surface area contributed by atoms with Crippen LogP contribution in [0.4, 0.5) is 0 Å². The van der Waals surface area contributed by atoms with Gasteiger partial charge in [0.05, 0.1) is 5.60 Å². The Labute approximate surface area is 228 Å². The lowest BCUT2D eigenvalue weighted by atomic mass is 9.89. The average Bonchev–Trinajstić information content (AvgIpc) is 2.90. The van der Waals surface area contributed by atoms with Crippen LogP contribution in [0.2, 0.25) is 0 Å². The first-order valence-corrected chi connectivity index (χ1v) is 14.7. The number of unbranched alkanes of at least 4 members (excludes halogenated alkanes) is 8. The van der Waals surface area contributed by atoms with E-state index in [-0.39, 0.29) is 5.91 Å². The van der Waals surface area contributed by atoms with E-state index in [4.69, 9.17) is 0 Å². The number of carbonyl (C=O) groups is 1. The van der Waals surface area contributed by atoms with Gasteiger partial charge in [0.1, 0.15) is 0 Å². The highest BCUT2D eigenvalue weighted by molar-refractivity contribution is 5.87. The summed E-state index contributed by atoms with van der Waals surface area (Å²) in [5, 5.41) is 14.0. The maximum atomic E-state index is 12.2. The van der Waals surface area contributed by atoms with Crippen molar-refractivity contribution in [3.63, 3.8) is 0 Å². The zero-order valence-corrected chi connectivity index (χ0v) is 24.0. The average molecular weight is 510 g/mol. The molecule has 0 fully saturated rings. The summed E-state index contributed by atoms with van der Waals surface area (Å²) < 4.78 is 0. The first kappa shape index (κ1) is 34.6. The van der Waals surface area contributed by atoms with Crippen molar-refractivity contribution in [1.82, 2.24) is 5.32 Å². The van der Waals surface area contributed by atoms with E-state index < -0.39 is 5.60 Å². The minimum absolute atomic E-state index is 0.154. The summed E-state index contributed by atoms with van der Waals surface area (Å²) in [7, 11) is 0. The van der Waals surface area contributed by atoms with Gasteiger partial charge < -0.3 is 10.4 Å². The largest absolute Gasteiger partial charge is 0.388 e. The summed E-state index contributed by atoms with van der Waals surface area (Å²) in [6.07, 6.45) is 42.7. The van der Waals surface area contributed by atoms with Crippen molar-refractivity contribution < 1.29 is 9.90 Å². The molecule has 0 unspecified atom stereocenters. The highest BCUT2D eigenvalue weighted by Crippen LogP contribution is 2.22. The number of hydrogen-bond donors (Lipinski definition) is 2. The van der Waals surface area contributed by atoms with Crippen LogP contribution in [-0.4, -0.2) is 23.2 Å². The third kappa shape index (κ3) is 25.1. The lowest BCUT2D eigenvalue weighted by Gasteiger charge is -2.28. The van der Waals surface area contributed by atoms with Gasteiger partial charge in [-0.05, 0) is 32.1 Å². The lowest BCUT2D eigenvalue weighted by molar-refractivity contribution is -0.118. The molecule has 0 bridgehead atoms. The van der Waals surface area contributed by atoms with Gasteiger partial charge in [-0.15, -0.1) is 0 Å². The van der Waals surface area contributed by atoms with Gasteiger partial charge in [0.25, 0.3) is 0 Å². The Hall–Kier alpha value is -2.39. The molecule has 3 nitrogen and oxygen atoms in total. The first-order chi connectivity index (χ1) is 18.1. The van der Waals surface area contributed by atoms with Crippen LogP contribution in [0.5, 0.6) is 0 Å². The van der Waals surface area contributed by atoms with Crippen molar-refractivity contribution in [2.75, 3.05) is 6.54 Å². The van der Waals surface area contributed by atoms with Crippen LogP contribution < -0.4 is 5.32 Å². The van der Waals surface area contributed by atoms with E-state index in [0.717, 1.165) is 57.8 Å². The molecule has 1 amide bonds. The Morgan fingerprint density at radius 1 is 0.595 bits per heavy atom. The molecule has 0 radical (unpaired) electrons. The molecule has 0 heterocycles. The molecule has 0 aromatic carbocycles. The third-order valence-electron chi connectivity index (χ3n) is 6.08. The third-order valence-corrected chi connectivity index (χ3v) is 6.08. The Balaban J connectivity index is 4.23. The summed E-state index contributed by atoms with van der Waals surface area (Å²) in [6, 6.07) is 0. The second kappa shape index (κ2) is 26.7.